The van der Waals surface area contributed by atoms with E-state index in [2.05, 4.69) is 17.4 Å². The maximum Gasteiger partial charge on any atom is 0.407 e. The molecule has 2 N–H and O–H groups in total. The van der Waals surface area contributed by atoms with Gasteiger partial charge in [-0.15, -0.1) is 0 Å². The van der Waals surface area contributed by atoms with Crippen molar-refractivity contribution < 1.29 is 28.9 Å². The quantitative estimate of drug-likeness (QED) is 0.537. The molecule has 0 aliphatic heterocycles. The zero-order valence-electron chi connectivity index (χ0n) is 18.4. The first kappa shape index (κ1) is 22.2. The number of methoxy groups -OCH3 is 2. The molecule has 0 saturated heterocycles. The third-order valence-corrected chi connectivity index (χ3v) is 5.78. The molecule has 4 rings (SSSR count). The molecule has 0 saturated carbocycles. The summed E-state index contributed by atoms with van der Waals surface area (Å²) < 4.78 is 16.0. The van der Waals surface area contributed by atoms with Crippen molar-refractivity contribution in [2.75, 3.05) is 20.8 Å². The molecule has 7 heteroatoms. The number of hydrogen-bond acceptors (Lipinski definition) is 5. The van der Waals surface area contributed by atoms with E-state index in [-0.39, 0.29) is 18.9 Å². The lowest BCUT2D eigenvalue weighted by Crippen LogP contribution is -2.42. The fourth-order valence-electron chi connectivity index (χ4n) is 4.20. The fraction of sp³-hybridized carbons (Fsp3) is 0.231. The molecule has 0 bridgehead atoms. The van der Waals surface area contributed by atoms with E-state index in [4.69, 9.17) is 14.2 Å². The Labute approximate surface area is 191 Å². The third kappa shape index (κ3) is 4.77. The lowest BCUT2D eigenvalue weighted by atomic mass is 9.98. The molecular formula is C26H25NO6. The molecule has 0 aromatic heterocycles. The molecule has 33 heavy (non-hydrogen) atoms. The highest BCUT2D eigenvalue weighted by molar-refractivity contribution is 5.81. The number of alkyl carbamates (subject to hydrolysis) is 1. The van der Waals surface area contributed by atoms with Gasteiger partial charge in [-0.1, -0.05) is 48.5 Å². The van der Waals surface area contributed by atoms with Crippen LogP contribution in [0.25, 0.3) is 11.1 Å². The summed E-state index contributed by atoms with van der Waals surface area (Å²) in [5, 5.41) is 12.1. The number of rotatable bonds is 8. The molecule has 1 aliphatic rings. The largest absolute Gasteiger partial charge is 0.497 e. The van der Waals surface area contributed by atoms with E-state index in [1.54, 1.807) is 18.2 Å². The summed E-state index contributed by atoms with van der Waals surface area (Å²) >= 11 is 0. The van der Waals surface area contributed by atoms with E-state index in [0.717, 1.165) is 22.3 Å². The topological polar surface area (TPSA) is 94.1 Å². The molecule has 0 spiro atoms. The van der Waals surface area contributed by atoms with Gasteiger partial charge >= 0.3 is 12.1 Å². The monoisotopic (exact) mass is 447 g/mol. The smallest absolute Gasteiger partial charge is 0.407 e. The van der Waals surface area contributed by atoms with Gasteiger partial charge in [-0.05, 0) is 39.9 Å². The molecule has 0 radical (unpaired) electrons. The second-order valence-electron chi connectivity index (χ2n) is 7.79. The fourth-order valence-corrected chi connectivity index (χ4v) is 4.20. The highest BCUT2D eigenvalue weighted by atomic mass is 16.5. The number of nitrogens with one attached hydrogen (secondary N) is 1. The number of carbonyl (C=O) groups is 2. The van der Waals surface area contributed by atoms with Crippen molar-refractivity contribution in [2.45, 2.75) is 18.4 Å². The van der Waals surface area contributed by atoms with Crippen LogP contribution in [0.1, 0.15) is 22.6 Å². The lowest BCUT2D eigenvalue weighted by molar-refractivity contribution is -0.139. The first-order chi connectivity index (χ1) is 16.0. The SMILES string of the molecule is COc1cc(CC(NC(=O)OCC2c3ccccc3-c3ccccc32)C(=O)O)cc(OC)c1. The first-order valence-corrected chi connectivity index (χ1v) is 10.6. The summed E-state index contributed by atoms with van der Waals surface area (Å²) in [6.07, 6.45) is -0.730. The van der Waals surface area contributed by atoms with E-state index < -0.39 is 18.1 Å². The minimum Gasteiger partial charge on any atom is -0.497 e. The second-order valence-corrected chi connectivity index (χ2v) is 7.79. The molecule has 0 heterocycles. The van der Waals surface area contributed by atoms with Crippen LogP contribution in [0.15, 0.2) is 66.7 Å². The number of fused-ring (bicyclic) bond motifs is 3. The molecule has 1 unspecified atom stereocenters. The Balaban J connectivity index is 1.44. The van der Waals surface area contributed by atoms with Gasteiger partial charge in [0.05, 0.1) is 14.2 Å². The minimum absolute atomic E-state index is 0.0487. The van der Waals surface area contributed by atoms with Crippen LogP contribution in [0.5, 0.6) is 11.5 Å². The Bertz CT molecular complexity index is 1110. The van der Waals surface area contributed by atoms with Crippen LogP contribution >= 0.6 is 0 Å². The van der Waals surface area contributed by atoms with Gasteiger partial charge in [0.15, 0.2) is 0 Å². The van der Waals surface area contributed by atoms with Crippen LogP contribution in [0.2, 0.25) is 0 Å². The average molecular weight is 447 g/mol. The molecular weight excluding hydrogens is 422 g/mol. The van der Waals surface area contributed by atoms with Crippen LogP contribution in [-0.4, -0.2) is 44.0 Å². The molecule has 7 nitrogen and oxygen atoms in total. The molecule has 1 atom stereocenters. The van der Waals surface area contributed by atoms with Gasteiger partial charge in [0.2, 0.25) is 0 Å². The van der Waals surface area contributed by atoms with Gasteiger partial charge in [0.25, 0.3) is 0 Å². The maximum atomic E-state index is 12.5. The van der Waals surface area contributed by atoms with E-state index in [1.807, 2.05) is 36.4 Å². The summed E-state index contributed by atoms with van der Waals surface area (Å²) in [5.74, 6) is -0.191. The van der Waals surface area contributed by atoms with Crippen molar-refractivity contribution in [1.82, 2.24) is 5.32 Å². The van der Waals surface area contributed by atoms with Gasteiger partial charge < -0.3 is 24.6 Å². The number of hydrogen-bond donors (Lipinski definition) is 2. The van der Waals surface area contributed by atoms with Crippen molar-refractivity contribution in [3.05, 3.63) is 83.4 Å². The highest BCUT2D eigenvalue weighted by Crippen LogP contribution is 2.44. The zero-order valence-corrected chi connectivity index (χ0v) is 18.4. The maximum absolute atomic E-state index is 12.5. The predicted molar refractivity (Wildman–Crippen MR) is 123 cm³/mol. The van der Waals surface area contributed by atoms with Gasteiger partial charge in [-0.25, -0.2) is 9.59 Å². The number of aliphatic carboxylic acids is 1. The van der Waals surface area contributed by atoms with Crippen LogP contribution in [0.3, 0.4) is 0 Å². The normalized spacial score (nSPS) is 12.9. The number of carboxylic acids is 1. The van der Waals surface area contributed by atoms with E-state index in [1.165, 1.54) is 14.2 Å². The van der Waals surface area contributed by atoms with E-state index in [9.17, 15) is 14.7 Å². The molecule has 1 aliphatic carbocycles. The number of ether oxygens (including phenoxy) is 3. The van der Waals surface area contributed by atoms with Gasteiger partial charge in [-0.3, -0.25) is 0 Å². The summed E-state index contributed by atoms with van der Waals surface area (Å²) in [6.45, 7) is 0.110. The number of carbonyl (C=O) groups excluding carboxylic acids is 1. The predicted octanol–water partition coefficient (Wildman–Crippen LogP) is 4.24. The Morgan fingerprint density at radius 1 is 0.909 bits per heavy atom. The van der Waals surface area contributed by atoms with Crippen molar-refractivity contribution >= 4 is 12.1 Å². The number of amides is 1. The Kier molecular flexibility index (Phi) is 6.49. The van der Waals surface area contributed by atoms with Crippen molar-refractivity contribution in [3.63, 3.8) is 0 Å². The van der Waals surface area contributed by atoms with Crippen molar-refractivity contribution in [3.8, 4) is 22.6 Å². The number of carboxylic acid groups (broad SMARTS) is 1. The van der Waals surface area contributed by atoms with Crippen molar-refractivity contribution in [1.29, 1.82) is 0 Å². The average Bonchev–Trinajstić information content (AvgIpc) is 3.15. The minimum atomic E-state index is -1.17. The van der Waals surface area contributed by atoms with Crippen LogP contribution in [0.4, 0.5) is 4.79 Å². The summed E-state index contributed by atoms with van der Waals surface area (Å²) in [6, 6.07) is 20.0. The van der Waals surface area contributed by atoms with Gasteiger partial charge in [0.1, 0.15) is 24.1 Å². The summed E-state index contributed by atoms with van der Waals surface area (Å²) in [7, 11) is 3.03. The Morgan fingerprint density at radius 3 is 1.97 bits per heavy atom. The molecule has 170 valence electrons. The Morgan fingerprint density at radius 2 is 1.45 bits per heavy atom. The highest BCUT2D eigenvalue weighted by Gasteiger charge is 2.29. The molecule has 1 amide bonds. The van der Waals surface area contributed by atoms with E-state index >= 15 is 0 Å². The second kappa shape index (κ2) is 9.65. The molecule has 0 fully saturated rings. The standard InChI is InChI=1S/C26H25NO6/c1-31-17-11-16(12-18(14-17)32-2)13-24(25(28)29)27-26(30)33-15-23-21-9-5-3-7-19(21)20-8-4-6-10-22(20)23/h3-12,14,23-24H,13,15H2,1-2H3,(H,27,30)(H,28,29). The Hall–Kier alpha value is -4.00. The van der Waals surface area contributed by atoms with Crippen LogP contribution in [-0.2, 0) is 16.0 Å². The van der Waals surface area contributed by atoms with Crippen LogP contribution < -0.4 is 14.8 Å². The summed E-state index contributed by atoms with van der Waals surface area (Å²) in [5.41, 5.74) is 5.07. The third-order valence-electron chi connectivity index (χ3n) is 5.78. The first-order valence-electron chi connectivity index (χ1n) is 10.6. The van der Waals surface area contributed by atoms with Crippen LogP contribution in [0, 0.1) is 0 Å². The lowest BCUT2D eigenvalue weighted by Gasteiger charge is -2.18. The molecule has 3 aromatic carbocycles. The molecule has 3 aromatic rings. The van der Waals surface area contributed by atoms with Crippen molar-refractivity contribution in [2.24, 2.45) is 0 Å². The van der Waals surface area contributed by atoms with Gasteiger partial charge in [-0.2, -0.15) is 0 Å². The zero-order chi connectivity index (χ0) is 23.4. The van der Waals surface area contributed by atoms with E-state index in [0.29, 0.717) is 17.1 Å². The van der Waals surface area contributed by atoms with Gasteiger partial charge in [0, 0.05) is 18.4 Å². The summed E-state index contributed by atoms with van der Waals surface area (Å²) in [4.78, 5) is 24.3. The number of benzene rings is 3.